The van der Waals surface area contributed by atoms with Crippen LogP contribution in [0.3, 0.4) is 0 Å². The third kappa shape index (κ3) is 5.87. The lowest BCUT2D eigenvalue weighted by molar-refractivity contribution is 0.577. The molecule has 0 aromatic heterocycles. The third-order valence-electron chi connectivity index (χ3n) is 2.49. The number of nitrogens with two attached hydrogens (primary N) is 1. The highest BCUT2D eigenvalue weighted by Gasteiger charge is 2.18. The van der Waals surface area contributed by atoms with Gasteiger partial charge in [-0.3, -0.25) is 0 Å². The van der Waals surface area contributed by atoms with E-state index in [2.05, 4.69) is 4.72 Å². The van der Waals surface area contributed by atoms with Crippen molar-refractivity contribution in [3.8, 4) is 0 Å². The van der Waals surface area contributed by atoms with Crippen LogP contribution in [-0.4, -0.2) is 40.4 Å². The minimum atomic E-state index is -3.86. The van der Waals surface area contributed by atoms with Crippen molar-refractivity contribution in [2.75, 3.05) is 18.6 Å². The fourth-order valence-corrected chi connectivity index (χ4v) is 3.87. The molecule has 118 valence electrons. The Morgan fingerprint density at radius 3 is 2.48 bits per heavy atom. The molecule has 0 aliphatic carbocycles. The Labute approximate surface area is 134 Å². The standard InChI is InChI=1S/C11H15ClN2O4S3/c1-20(15,16)6-2-5-14-21(17,18)10-7-8(11(13)19)3-4-9(10)12/h3-4,7,14H,2,5-6H2,1H3,(H2,13,19). The van der Waals surface area contributed by atoms with E-state index in [1.807, 2.05) is 0 Å². The lowest BCUT2D eigenvalue weighted by Crippen LogP contribution is -2.26. The van der Waals surface area contributed by atoms with Crippen molar-refractivity contribution >= 4 is 48.7 Å². The van der Waals surface area contributed by atoms with Gasteiger partial charge < -0.3 is 5.73 Å². The molecule has 10 heteroatoms. The zero-order valence-corrected chi connectivity index (χ0v) is 14.4. The van der Waals surface area contributed by atoms with Crippen LogP contribution in [-0.2, 0) is 19.9 Å². The first-order valence-corrected chi connectivity index (χ1v) is 10.1. The lowest BCUT2D eigenvalue weighted by atomic mass is 10.2. The number of nitrogens with one attached hydrogen (secondary N) is 1. The van der Waals surface area contributed by atoms with Gasteiger partial charge in [-0.05, 0) is 18.6 Å². The summed E-state index contributed by atoms with van der Waals surface area (Å²) in [7, 11) is -6.98. The minimum Gasteiger partial charge on any atom is -0.389 e. The molecule has 0 amide bonds. The molecule has 3 N–H and O–H groups in total. The van der Waals surface area contributed by atoms with Gasteiger partial charge >= 0.3 is 0 Å². The molecular weight excluding hydrogens is 356 g/mol. The predicted molar refractivity (Wildman–Crippen MR) is 86.9 cm³/mol. The van der Waals surface area contributed by atoms with Gasteiger partial charge in [-0.1, -0.05) is 29.9 Å². The van der Waals surface area contributed by atoms with Crippen LogP contribution in [0.4, 0.5) is 0 Å². The summed E-state index contributed by atoms with van der Waals surface area (Å²) in [4.78, 5) is -0.0889. The van der Waals surface area contributed by atoms with Crippen molar-refractivity contribution in [3.63, 3.8) is 0 Å². The van der Waals surface area contributed by atoms with Crippen molar-refractivity contribution in [3.05, 3.63) is 28.8 Å². The number of benzene rings is 1. The molecule has 0 saturated carbocycles. The third-order valence-corrected chi connectivity index (χ3v) is 5.70. The average molecular weight is 371 g/mol. The molecular formula is C11H15ClN2O4S3. The van der Waals surface area contributed by atoms with E-state index in [9.17, 15) is 16.8 Å². The van der Waals surface area contributed by atoms with Crippen LogP contribution in [0, 0.1) is 0 Å². The molecule has 0 fully saturated rings. The molecule has 0 aliphatic rings. The summed E-state index contributed by atoms with van der Waals surface area (Å²) < 4.78 is 48.5. The number of sulfonamides is 1. The number of hydrogen-bond acceptors (Lipinski definition) is 5. The van der Waals surface area contributed by atoms with Gasteiger partial charge in [0.1, 0.15) is 19.7 Å². The van der Waals surface area contributed by atoms with Gasteiger partial charge in [0, 0.05) is 18.4 Å². The molecule has 0 unspecified atom stereocenters. The Morgan fingerprint density at radius 2 is 1.95 bits per heavy atom. The van der Waals surface area contributed by atoms with Gasteiger partial charge in [0.05, 0.1) is 10.8 Å². The van der Waals surface area contributed by atoms with Gasteiger partial charge in [-0.25, -0.2) is 21.6 Å². The van der Waals surface area contributed by atoms with Gasteiger partial charge in [0.2, 0.25) is 10.0 Å². The summed E-state index contributed by atoms with van der Waals surface area (Å²) in [6.07, 6.45) is 1.26. The molecule has 0 saturated heterocycles. The maximum atomic E-state index is 12.1. The van der Waals surface area contributed by atoms with Gasteiger partial charge in [-0.2, -0.15) is 0 Å². The Bertz CT molecular complexity index is 745. The van der Waals surface area contributed by atoms with Crippen molar-refractivity contribution in [2.24, 2.45) is 5.73 Å². The van der Waals surface area contributed by atoms with Crippen LogP contribution in [0.1, 0.15) is 12.0 Å². The second kappa shape index (κ2) is 7.01. The van der Waals surface area contributed by atoms with E-state index in [4.69, 9.17) is 29.6 Å². The summed E-state index contributed by atoms with van der Waals surface area (Å²) >= 11 is 10.7. The quantitative estimate of drug-likeness (QED) is 0.540. The Hall–Kier alpha value is -0.740. The highest BCUT2D eigenvalue weighted by atomic mass is 35.5. The number of rotatable bonds is 7. The first-order chi connectivity index (χ1) is 9.53. The largest absolute Gasteiger partial charge is 0.389 e. The second-order valence-electron chi connectivity index (χ2n) is 4.39. The van der Waals surface area contributed by atoms with Gasteiger partial charge in [0.15, 0.2) is 0 Å². The van der Waals surface area contributed by atoms with E-state index in [0.717, 1.165) is 6.26 Å². The molecule has 0 bridgehead atoms. The highest BCUT2D eigenvalue weighted by Crippen LogP contribution is 2.22. The highest BCUT2D eigenvalue weighted by molar-refractivity contribution is 7.90. The Kier molecular flexibility index (Phi) is 6.11. The maximum absolute atomic E-state index is 12.1. The Morgan fingerprint density at radius 1 is 1.33 bits per heavy atom. The van der Waals surface area contributed by atoms with Crippen molar-refractivity contribution in [1.29, 1.82) is 0 Å². The van der Waals surface area contributed by atoms with Gasteiger partial charge in [-0.15, -0.1) is 0 Å². The van der Waals surface area contributed by atoms with E-state index >= 15 is 0 Å². The molecule has 6 nitrogen and oxygen atoms in total. The van der Waals surface area contributed by atoms with Crippen LogP contribution in [0.5, 0.6) is 0 Å². The molecule has 0 aliphatic heterocycles. The monoisotopic (exact) mass is 370 g/mol. The summed E-state index contributed by atoms with van der Waals surface area (Å²) in [5.41, 5.74) is 5.83. The van der Waals surface area contributed by atoms with Crippen molar-refractivity contribution < 1.29 is 16.8 Å². The molecule has 1 rings (SSSR count). The minimum absolute atomic E-state index is 0.0109. The predicted octanol–water partition coefficient (Wildman–Crippen LogP) is 0.687. The zero-order valence-electron chi connectivity index (χ0n) is 11.2. The summed E-state index contributed by atoms with van der Waals surface area (Å²) in [6.45, 7) is -0.0109. The smallest absolute Gasteiger partial charge is 0.242 e. The molecule has 0 radical (unpaired) electrons. The van der Waals surface area contributed by atoms with Gasteiger partial charge in [0.25, 0.3) is 0 Å². The van der Waals surface area contributed by atoms with Crippen molar-refractivity contribution in [2.45, 2.75) is 11.3 Å². The summed E-state index contributed by atoms with van der Waals surface area (Å²) in [5.74, 6) is -0.101. The van der Waals surface area contributed by atoms with Crippen LogP contribution in [0.2, 0.25) is 5.02 Å². The van der Waals surface area contributed by atoms with E-state index in [-0.39, 0.29) is 33.6 Å². The first kappa shape index (κ1) is 18.3. The SMILES string of the molecule is CS(=O)(=O)CCCNS(=O)(=O)c1cc(C(N)=S)ccc1Cl. The van der Waals surface area contributed by atoms with Crippen LogP contribution in [0.15, 0.2) is 23.1 Å². The fourth-order valence-electron chi connectivity index (χ4n) is 1.48. The zero-order chi connectivity index (χ0) is 16.3. The van der Waals surface area contributed by atoms with E-state index < -0.39 is 19.9 Å². The molecule has 0 heterocycles. The summed E-state index contributed by atoms with van der Waals surface area (Å²) in [6, 6.07) is 4.19. The molecule has 1 aromatic rings. The van der Waals surface area contributed by atoms with E-state index in [0.29, 0.717) is 5.56 Å². The number of thiocarbonyl (C=S) groups is 1. The molecule has 1 aromatic carbocycles. The first-order valence-electron chi connectivity index (χ1n) is 5.80. The molecule has 0 atom stereocenters. The van der Waals surface area contributed by atoms with Crippen LogP contribution >= 0.6 is 23.8 Å². The molecule has 0 spiro atoms. The van der Waals surface area contributed by atoms with Crippen LogP contribution in [0.25, 0.3) is 0 Å². The number of hydrogen-bond donors (Lipinski definition) is 2. The average Bonchev–Trinajstić information content (AvgIpc) is 2.33. The lowest BCUT2D eigenvalue weighted by Gasteiger charge is -2.09. The maximum Gasteiger partial charge on any atom is 0.242 e. The van der Waals surface area contributed by atoms with E-state index in [1.54, 1.807) is 0 Å². The second-order valence-corrected chi connectivity index (χ2v) is 9.23. The number of halogens is 1. The summed E-state index contributed by atoms with van der Waals surface area (Å²) in [5, 5.41) is 0.0330. The normalized spacial score (nSPS) is 12.3. The van der Waals surface area contributed by atoms with E-state index in [1.165, 1.54) is 18.2 Å². The Balaban J connectivity index is 2.88. The fraction of sp³-hybridized carbons (Fsp3) is 0.364. The number of sulfone groups is 1. The molecule has 21 heavy (non-hydrogen) atoms. The van der Waals surface area contributed by atoms with Crippen LogP contribution < -0.4 is 10.5 Å². The van der Waals surface area contributed by atoms with Crippen molar-refractivity contribution in [1.82, 2.24) is 4.72 Å². The topological polar surface area (TPSA) is 106 Å².